The van der Waals surface area contributed by atoms with E-state index in [4.69, 9.17) is 9.26 Å². The summed E-state index contributed by atoms with van der Waals surface area (Å²) in [6.07, 6.45) is 3.11. The number of amides is 1. The minimum absolute atomic E-state index is 0.0122. The zero-order chi connectivity index (χ0) is 19.0. The van der Waals surface area contributed by atoms with Gasteiger partial charge in [0.2, 0.25) is 5.91 Å². The fourth-order valence-corrected chi connectivity index (χ4v) is 4.12. The quantitative estimate of drug-likeness (QED) is 0.817. The second-order valence-corrected chi connectivity index (χ2v) is 7.70. The molecule has 6 heteroatoms. The molecule has 1 aromatic carbocycles. The van der Waals surface area contributed by atoms with Crippen LogP contribution in [0.15, 0.2) is 22.7 Å². The Balaban J connectivity index is 1.45. The first-order valence-corrected chi connectivity index (χ1v) is 9.66. The highest BCUT2D eigenvalue weighted by Crippen LogP contribution is 2.39. The van der Waals surface area contributed by atoms with E-state index < -0.39 is 0 Å². The third kappa shape index (κ3) is 3.72. The first-order chi connectivity index (χ1) is 13.0. The molecule has 0 radical (unpaired) electrons. The summed E-state index contributed by atoms with van der Waals surface area (Å²) in [5.41, 5.74) is 4.15. The van der Waals surface area contributed by atoms with Crippen molar-refractivity contribution >= 4 is 5.91 Å². The molecule has 0 unspecified atom stereocenters. The predicted octanol–water partition coefficient (Wildman–Crippen LogP) is 2.79. The summed E-state index contributed by atoms with van der Waals surface area (Å²) >= 11 is 0. The van der Waals surface area contributed by atoms with E-state index in [1.54, 1.807) is 0 Å². The number of aliphatic hydroxyl groups excluding tert-OH is 1. The van der Waals surface area contributed by atoms with E-state index in [9.17, 15) is 9.90 Å². The Kier molecular flexibility index (Phi) is 4.91. The highest BCUT2D eigenvalue weighted by atomic mass is 16.5. The lowest BCUT2D eigenvalue weighted by molar-refractivity contribution is -0.123. The van der Waals surface area contributed by atoms with Crippen LogP contribution in [0.5, 0.6) is 5.75 Å². The molecule has 1 amide bonds. The van der Waals surface area contributed by atoms with Crippen molar-refractivity contribution in [2.45, 2.75) is 58.1 Å². The molecule has 0 saturated heterocycles. The predicted molar refractivity (Wildman–Crippen MR) is 99.6 cm³/mol. The summed E-state index contributed by atoms with van der Waals surface area (Å²) in [4.78, 5) is 12.7. The Hall–Kier alpha value is -2.34. The van der Waals surface area contributed by atoms with Crippen LogP contribution in [-0.2, 0) is 17.6 Å². The molecule has 2 aromatic rings. The maximum Gasteiger partial charge on any atom is 0.220 e. The van der Waals surface area contributed by atoms with Gasteiger partial charge >= 0.3 is 0 Å². The summed E-state index contributed by atoms with van der Waals surface area (Å²) in [5, 5.41) is 16.9. The molecule has 1 aliphatic carbocycles. The van der Waals surface area contributed by atoms with Crippen LogP contribution in [0, 0.1) is 19.8 Å². The molecular formula is C21H26N2O4. The number of aromatic nitrogens is 1. The lowest BCUT2D eigenvalue weighted by Gasteiger charge is -2.38. The Labute approximate surface area is 158 Å². The molecule has 1 aromatic heterocycles. The number of hydrogen-bond donors (Lipinski definition) is 2. The molecule has 1 aliphatic heterocycles. The van der Waals surface area contributed by atoms with Crippen molar-refractivity contribution in [3.63, 3.8) is 0 Å². The number of rotatable bonds is 6. The molecule has 2 heterocycles. The summed E-state index contributed by atoms with van der Waals surface area (Å²) in [5.74, 6) is 2.00. The van der Waals surface area contributed by atoms with Crippen molar-refractivity contribution in [2.75, 3.05) is 6.61 Å². The Morgan fingerprint density at radius 1 is 1.37 bits per heavy atom. The number of benzene rings is 1. The van der Waals surface area contributed by atoms with E-state index in [0.717, 1.165) is 54.2 Å². The SMILES string of the molecule is Cc1noc(C)c1CCC(=O)N[C@@H](c1ccc2c(c1)CCO2)C1CC(O)C1. The largest absolute Gasteiger partial charge is 0.493 e. The van der Waals surface area contributed by atoms with Crippen molar-refractivity contribution in [1.29, 1.82) is 0 Å². The van der Waals surface area contributed by atoms with Gasteiger partial charge in [0.25, 0.3) is 0 Å². The fraction of sp³-hybridized carbons (Fsp3) is 0.524. The topological polar surface area (TPSA) is 84.6 Å². The van der Waals surface area contributed by atoms with Gasteiger partial charge in [-0.3, -0.25) is 4.79 Å². The molecule has 1 fully saturated rings. The summed E-state index contributed by atoms with van der Waals surface area (Å²) in [6.45, 7) is 4.49. The van der Waals surface area contributed by atoms with Crippen LogP contribution >= 0.6 is 0 Å². The highest BCUT2D eigenvalue weighted by molar-refractivity contribution is 5.77. The molecule has 6 nitrogen and oxygen atoms in total. The van der Waals surface area contributed by atoms with Gasteiger partial charge in [-0.1, -0.05) is 11.2 Å². The zero-order valence-corrected chi connectivity index (χ0v) is 15.8. The van der Waals surface area contributed by atoms with Gasteiger partial charge in [-0.25, -0.2) is 0 Å². The summed E-state index contributed by atoms with van der Waals surface area (Å²) < 4.78 is 10.8. The van der Waals surface area contributed by atoms with Gasteiger partial charge in [0.15, 0.2) is 0 Å². The van der Waals surface area contributed by atoms with E-state index in [1.165, 1.54) is 5.56 Å². The van der Waals surface area contributed by atoms with Crippen LogP contribution in [0.1, 0.15) is 53.4 Å². The van der Waals surface area contributed by atoms with E-state index in [0.29, 0.717) is 12.8 Å². The van der Waals surface area contributed by atoms with Gasteiger partial charge in [0.05, 0.1) is 24.4 Å². The van der Waals surface area contributed by atoms with Gasteiger partial charge in [0, 0.05) is 18.4 Å². The molecule has 0 spiro atoms. The van der Waals surface area contributed by atoms with Crippen LogP contribution < -0.4 is 10.1 Å². The van der Waals surface area contributed by atoms with Crippen LogP contribution in [0.25, 0.3) is 0 Å². The molecule has 2 aliphatic rings. The second kappa shape index (κ2) is 7.35. The van der Waals surface area contributed by atoms with Crippen LogP contribution in [0.2, 0.25) is 0 Å². The van der Waals surface area contributed by atoms with Gasteiger partial charge in [-0.05, 0) is 62.3 Å². The number of ether oxygens (including phenoxy) is 1. The first kappa shape index (κ1) is 18.0. The molecular weight excluding hydrogens is 344 g/mol. The monoisotopic (exact) mass is 370 g/mol. The van der Waals surface area contributed by atoms with Gasteiger partial charge in [-0.15, -0.1) is 0 Å². The maximum absolute atomic E-state index is 12.7. The first-order valence-electron chi connectivity index (χ1n) is 9.66. The summed E-state index contributed by atoms with van der Waals surface area (Å²) in [7, 11) is 0. The smallest absolute Gasteiger partial charge is 0.220 e. The van der Waals surface area contributed by atoms with E-state index in [2.05, 4.69) is 16.5 Å². The van der Waals surface area contributed by atoms with Crippen molar-refractivity contribution in [1.82, 2.24) is 10.5 Å². The number of aryl methyl sites for hydroxylation is 2. The van der Waals surface area contributed by atoms with Crippen molar-refractivity contribution in [2.24, 2.45) is 5.92 Å². The normalized spacial score (nSPS) is 21.9. The lowest BCUT2D eigenvalue weighted by Crippen LogP contribution is -2.41. The zero-order valence-electron chi connectivity index (χ0n) is 15.8. The van der Waals surface area contributed by atoms with Crippen molar-refractivity contribution in [3.8, 4) is 5.75 Å². The minimum Gasteiger partial charge on any atom is -0.493 e. The molecule has 1 atom stereocenters. The molecule has 1 saturated carbocycles. The Morgan fingerprint density at radius 2 is 2.19 bits per heavy atom. The number of nitrogens with zero attached hydrogens (tertiary/aromatic N) is 1. The maximum atomic E-state index is 12.7. The molecule has 144 valence electrons. The van der Waals surface area contributed by atoms with Gasteiger partial charge in [0.1, 0.15) is 11.5 Å². The van der Waals surface area contributed by atoms with Crippen LogP contribution in [-0.4, -0.2) is 28.9 Å². The van der Waals surface area contributed by atoms with Gasteiger partial charge in [-0.2, -0.15) is 0 Å². The van der Waals surface area contributed by atoms with Gasteiger partial charge < -0.3 is 19.7 Å². The molecule has 2 N–H and O–H groups in total. The van der Waals surface area contributed by atoms with E-state index in [1.807, 2.05) is 26.0 Å². The lowest BCUT2D eigenvalue weighted by atomic mass is 9.74. The average Bonchev–Trinajstić information content (AvgIpc) is 3.21. The average molecular weight is 370 g/mol. The molecule has 27 heavy (non-hydrogen) atoms. The second-order valence-electron chi connectivity index (χ2n) is 7.70. The highest BCUT2D eigenvalue weighted by Gasteiger charge is 2.36. The molecule has 4 rings (SSSR count). The third-order valence-corrected chi connectivity index (χ3v) is 5.79. The van der Waals surface area contributed by atoms with Crippen LogP contribution in [0.4, 0.5) is 0 Å². The fourth-order valence-electron chi connectivity index (χ4n) is 4.12. The van der Waals surface area contributed by atoms with Crippen molar-refractivity contribution in [3.05, 3.63) is 46.3 Å². The third-order valence-electron chi connectivity index (χ3n) is 5.79. The number of nitrogens with one attached hydrogen (secondary N) is 1. The van der Waals surface area contributed by atoms with E-state index >= 15 is 0 Å². The summed E-state index contributed by atoms with van der Waals surface area (Å²) in [6, 6.07) is 6.10. The Morgan fingerprint density at radius 3 is 2.89 bits per heavy atom. The Bertz CT molecular complexity index is 819. The number of carbonyl (C=O) groups is 1. The van der Waals surface area contributed by atoms with Crippen LogP contribution in [0.3, 0.4) is 0 Å². The number of hydrogen-bond acceptors (Lipinski definition) is 5. The minimum atomic E-state index is -0.255. The van der Waals surface area contributed by atoms with E-state index in [-0.39, 0.29) is 24.0 Å². The van der Waals surface area contributed by atoms with Crippen molar-refractivity contribution < 1.29 is 19.2 Å². The standard InChI is InChI=1S/C21H26N2O4/c1-12-18(13(2)27-23-12)4-6-20(25)22-21(16-10-17(24)11-16)15-3-5-19-14(9-15)7-8-26-19/h3,5,9,16-17,21,24H,4,6-8,10-11H2,1-2H3,(H,22,25)/t16?,17?,21-/m0/s1. The molecule has 0 bridgehead atoms. The number of carbonyl (C=O) groups excluding carboxylic acids is 1. The number of aliphatic hydroxyl groups is 1. The number of fused-ring (bicyclic) bond motifs is 1.